The van der Waals surface area contributed by atoms with E-state index in [0.717, 1.165) is 16.9 Å². The molecule has 2 heterocycles. The third-order valence-corrected chi connectivity index (χ3v) is 5.78. The number of thiazole rings is 1. The Morgan fingerprint density at radius 2 is 2.19 bits per heavy atom. The maximum Gasteiger partial charge on any atom is 0.237 e. The molecule has 1 aliphatic heterocycles. The first-order chi connectivity index (χ1) is 7.58. The van der Waals surface area contributed by atoms with Crippen LogP contribution in [0.15, 0.2) is 9.98 Å². The quantitative estimate of drug-likeness (QED) is 0.881. The zero-order valence-electron chi connectivity index (χ0n) is 8.44. The molecule has 0 bridgehead atoms. The molecule has 0 aromatic carbocycles. The van der Waals surface area contributed by atoms with E-state index in [1.165, 1.54) is 11.3 Å². The van der Waals surface area contributed by atoms with Crippen molar-refractivity contribution in [3.05, 3.63) is 9.98 Å². The zero-order chi connectivity index (χ0) is 11.6. The third-order valence-electron chi connectivity index (χ3n) is 2.43. The molecule has 0 aliphatic carbocycles. The van der Waals surface area contributed by atoms with Crippen LogP contribution in [0.4, 0.5) is 5.13 Å². The van der Waals surface area contributed by atoms with Crippen molar-refractivity contribution in [3.8, 4) is 0 Å². The number of halogens is 1. The highest BCUT2D eigenvalue weighted by Crippen LogP contribution is 2.25. The molecule has 8 heteroatoms. The molecule has 5 nitrogen and oxygen atoms in total. The van der Waals surface area contributed by atoms with Crippen LogP contribution in [-0.4, -0.2) is 31.7 Å². The van der Waals surface area contributed by atoms with Gasteiger partial charge in [-0.15, -0.1) is 0 Å². The molecule has 16 heavy (non-hydrogen) atoms. The highest BCUT2D eigenvalue weighted by Gasteiger charge is 2.27. The van der Waals surface area contributed by atoms with Crippen molar-refractivity contribution in [2.24, 2.45) is 0 Å². The number of nitrogens with one attached hydrogen (secondary N) is 2. The van der Waals surface area contributed by atoms with Gasteiger partial charge in [-0.1, -0.05) is 11.3 Å². The van der Waals surface area contributed by atoms with Gasteiger partial charge in [0.05, 0.1) is 15.2 Å². The van der Waals surface area contributed by atoms with Gasteiger partial charge in [-0.25, -0.2) is 13.4 Å². The molecule has 1 aromatic heterocycles. The Bertz CT molecular complexity index is 454. The van der Waals surface area contributed by atoms with E-state index in [1.54, 1.807) is 6.20 Å². The van der Waals surface area contributed by atoms with Crippen LogP contribution in [-0.2, 0) is 10.0 Å². The minimum absolute atomic E-state index is 0.309. The van der Waals surface area contributed by atoms with Gasteiger partial charge in [0.15, 0.2) is 5.13 Å². The van der Waals surface area contributed by atoms with Crippen molar-refractivity contribution >= 4 is 42.4 Å². The van der Waals surface area contributed by atoms with E-state index < -0.39 is 10.0 Å². The summed E-state index contributed by atoms with van der Waals surface area (Å²) in [6, 6.07) is 0. The first-order valence-corrected chi connectivity index (χ1v) is 8.07. The minimum Gasteiger partial charge on any atom is -0.317 e. The Balaban J connectivity index is 2.07. The fraction of sp³-hybridized carbons (Fsp3) is 0.625. The van der Waals surface area contributed by atoms with Gasteiger partial charge >= 0.3 is 0 Å². The summed E-state index contributed by atoms with van der Waals surface area (Å²) in [6.45, 7) is 1.51. The Morgan fingerprint density at radius 1 is 1.50 bits per heavy atom. The highest BCUT2D eigenvalue weighted by molar-refractivity contribution is 9.11. The van der Waals surface area contributed by atoms with E-state index in [1.807, 2.05) is 0 Å². The minimum atomic E-state index is -3.29. The molecule has 0 spiro atoms. The van der Waals surface area contributed by atoms with Crippen molar-refractivity contribution in [1.29, 1.82) is 0 Å². The van der Waals surface area contributed by atoms with Gasteiger partial charge in [0.2, 0.25) is 10.0 Å². The summed E-state index contributed by atoms with van der Waals surface area (Å²) in [5.74, 6) is 0. The van der Waals surface area contributed by atoms with Crippen LogP contribution in [0.3, 0.4) is 0 Å². The van der Waals surface area contributed by atoms with Crippen molar-refractivity contribution in [2.75, 3.05) is 17.8 Å². The van der Waals surface area contributed by atoms with E-state index in [-0.39, 0.29) is 5.25 Å². The average Bonchev–Trinajstić information content (AvgIpc) is 2.64. The summed E-state index contributed by atoms with van der Waals surface area (Å²) < 4.78 is 27.3. The molecule has 0 unspecified atom stereocenters. The van der Waals surface area contributed by atoms with E-state index in [2.05, 4.69) is 31.0 Å². The normalized spacial score (nSPS) is 18.6. The molecule has 0 amide bonds. The summed E-state index contributed by atoms with van der Waals surface area (Å²) in [5, 5.41) is 3.25. The second kappa shape index (κ2) is 4.99. The van der Waals surface area contributed by atoms with Crippen LogP contribution >= 0.6 is 27.3 Å². The van der Waals surface area contributed by atoms with Gasteiger partial charge in [0.1, 0.15) is 0 Å². The van der Waals surface area contributed by atoms with Crippen molar-refractivity contribution in [1.82, 2.24) is 10.3 Å². The Morgan fingerprint density at radius 3 is 2.75 bits per heavy atom. The summed E-state index contributed by atoms with van der Waals surface area (Å²) in [5.41, 5.74) is 0. The summed E-state index contributed by atoms with van der Waals surface area (Å²) in [6.07, 6.45) is 2.90. The van der Waals surface area contributed by atoms with E-state index in [9.17, 15) is 8.42 Å². The molecule has 90 valence electrons. The molecular formula is C8H12BrN3O2S2. The number of nitrogens with zero attached hydrogens (tertiary/aromatic N) is 1. The third kappa shape index (κ3) is 2.93. The maximum absolute atomic E-state index is 12.0. The SMILES string of the molecule is O=S(=O)(Nc1ncc(Br)s1)C1CCNCC1. The number of aromatic nitrogens is 1. The number of rotatable bonds is 3. The molecule has 2 N–H and O–H groups in total. The van der Waals surface area contributed by atoms with Gasteiger partial charge in [0, 0.05) is 0 Å². The first kappa shape index (κ1) is 12.3. The molecule has 2 rings (SSSR count). The second-order valence-electron chi connectivity index (χ2n) is 3.57. The number of anilines is 1. The van der Waals surface area contributed by atoms with Crippen molar-refractivity contribution in [2.45, 2.75) is 18.1 Å². The van der Waals surface area contributed by atoms with Gasteiger partial charge in [-0.2, -0.15) is 0 Å². The standard InChI is InChI=1S/C8H12BrN3O2S2/c9-7-5-11-8(15-7)12-16(13,14)6-1-3-10-4-2-6/h5-6,10H,1-4H2,(H,11,12). The summed E-state index contributed by atoms with van der Waals surface area (Å²) in [7, 11) is -3.29. The maximum atomic E-state index is 12.0. The van der Waals surface area contributed by atoms with Crippen molar-refractivity contribution in [3.63, 3.8) is 0 Å². The molecule has 1 fully saturated rings. The fourth-order valence-corrected chi connectivity index (χ4v) is 4.40. The number of hydrogen-bond acceptors (Lipinski definition) is 5. The van der Waals surface area contributed by atoms with Crippen LogP contribution in [0.25, 0.3) is 0 Å². The van der Waals surface area contributed by atoms with E-state index in [4.69, 9.17) is 0 Å². The average molecular weight is 326 g/mol. The smallest absolute Gasteiger partial charge is 0.237 e. The van der Waals surface area contributed by atoms with Crippen LogP contribution in [0, 0.1) is 0 Å². The molecule has 0 atom stereocenters. The fourth-order valence-electron chi connectivity index (χ4n) is 1.61. The van der Waals surface area contributed by atoms with E-state index in [0.29, 0.717) is 18.0 Å². The monoisotopic (exact) mass is 325 g/mol. The van der Waals surface area contributed by atoms with Crippen LogP contribution in [0.1, 0.15) is 12.8 Å². The Hall–Kier alpha value is -0.180. The molecule has 0 radical (unpaired) electrons. The Kier molecular flexibility index (Phi) is 3.83. The molecule has 0 saturated carbocycles. The summed E-state index contributed by atoms with van der Waals surface area (Å²) in [4.78, 5) is 3.96. The molecular weight excluding hydrogens is 314 g/mol. The van der Waals surface area contributed by atoms with Crippen LogP contribution in [0.2, 0.25) is 0 Å². The second-order valence-corrected chi connectivity index (χ2v) is 7.94. The molecule has 1 aliphatic rings. The first-order valence-electron chi connectivity index (χ1n) is 4.91. The predicted octanol–water partition coefficient (Wildman–Crippen LogP) is 1.40. The largest absolute Gasteiger partial charge is 0.317 e. The zero-order valence-corrected chi connectivity index (χ0v) is 11.7. The highest BCUT2D eigenvalue weighted by atomic mass is 79.9. The lowest BCUT2D eigenvalue weighted by Gasteiger charge is -2.22. The molecule has 1 aromatic rings. The number of sulfonamides is 1. The summed E-state index contributed by atoms with van der Waals surface area (Å²) >= 11 is 4.53. The van der Waals surface area contributed by atoms with Crippen molar-refractivity contribution < 1.29 is 8.42 Å². The molecule has 1 saturated heterocycles. The van der Waals surface area contributed by atoms with Gasteiger partial charge in [-0.3, -0.25) is 4.72 Å². The topological polar surface area (TPSA) is 71.1 Å². The lowest BCUT2D eigenvalue weighted by molar-refractivity contribution is 0.499. The van der Waals surface area contributed by atoms with Gasteiger partial charge in [0.25, 0.3) is 0 Å². The lowest BCUT2D eigenvalue weighted by atomic mass is 10.2. The number of hydrogen-bond donors (Lipinski definition) is 2. The Labute approximate surface area is 107 Å². The predicted molar refractivity (Wildman–Crippen MR) is 68.2 cm³/mol. The van der Waals surface area contributed by atoms with Crippen LogP contribution in [0.5, 0.6) is 0 Å². The van der Waals surface area contributed by atoms with Gasteiger partial charge < -0.3 is 5.32 Å². The van der Waals surface area contributed by atoms with Crippen LogP contribution < -0.4 is 10.0 Å². The van der Waals surface area contributed by atoms with Gasteiger partial charge in [-0.05, 0) is 41.9 Å². The lowest BCUT2D eigenvalue weighted by Crippen LogP contribution is -2.38. The van der Waals surface area contributed by atoms with E-state index >= 15 is 0 Å². The number of piperidine rings is 1.